The molecule has 3 aromatic rings. The molecule has 0 unspecified atom stereocenters. The molecule has 1 heterocycles. The van der Waals surface area contributed by atoms with Gasteiger partial charge >= 0.3 is 0 Å². The maximum Gasteiger partial charge on any atom is 0.249 e. The largest absolute Gasteiger partial charge is 0.358 e. The number of hydrogen-bond donors (Lipinski definition) is 2. The van der Waals surface area contributed by atoms with Crippen molar-refractivity contribution in [2.24, 2.45) is 0 Å². The van der Waals surface area contributed by atoms with Gasteiger partial charge in [-0.15, -0.1) is 0 Å². The Morgan fingerprint density at radius 2 is 1.68 bits per heavy atom. The number of anilines is 1. The Hall–Kier alpha value is -3.42. The third kappa shape index (κ3) is 6.87. The van der Waals surface area contributed by atoms with Crippen molar-refractivity contribution in [2.75, 3.05) is 18.5 Å². The summed E-state index contributed by atoms with van der Waals surface area (Å²) < 4.78 is 0. The van der Waals surface area contributed by atoms with E-state index >= 15 is 0 Å². The first-order valence-electron chi connectivity index (χ1n) is 12.4. The van der Waals surface area contributed by atoms with Gasteiger partial charge in [0.2, 0.25) is 11.8 Å². The summed E-state index contributed by atoms with van der Waals surface area (Å²) in [4.78, 5) is 30.6. The second-order valence-electron chi connectivity index (χ2n) is 9.09. The predicted octanol–water partition coefficient (Wildman–Crippen LogP) is 4.57. The number of para-hydroxylation sites is 1. The number of nitrogens with zero attached hydrogens (tertiary/aromatic N) is 2. The van der Waals surface area contributed by atoms with Gasteiger partial charge in [-0.05, 0) is 54.4 Å². The van der Waals surface area contributed by atoms with Gasteiger partial charge in [-0.3, -0.25) is 9.59 Å². The Morgan fingerprint density at radius 1 is 1.03 bits per heavy atom. The minimum absolute atomic E-state index is 0.174. The van der Waals surface area contributed by atoms with Gasteiger partial charge in [0.25, 0.3) is 0 Å². The fraction of sp³-hybridized carbons (Fsp3) is 0.276. The molecule has 0 bridgehead atoms. The summed E-state index contributed by atoms with van der Waals surface area (Å²) in [5.74, 6) is -0.373. The molecule has 3 aromatic carbocycles. The molecule has 0 saturated carbocycles. The highest BCUT2D eigenvalue weighted by Crippen LogP contribution is 2.20. The number of hydrogen-bond acceptors (Lipinski definition) is 3. The number of carbonyl (C=O) groups excluding carboxylic acids is 2. The van der Waals surface area contributed by atoms with Gasteiger partial charge in [-0.25, -0.2) is 0 Å². The second-order valence-corrected chi connectivity index (χ2v) is 9.88. The van der Waals surface area contributed by atoms with Crippen LogP contribution in [0.5, 0.6) is 0 Å². The summed E-state index contributed by atoms with van der Waals surface area (Å²) in [7, 11) is 1.73. The zero-order valence-corrected chi connectivity index (χ0v) is 22.3. The topological polar surface area (TPSA) is 64.7 Å². The SMILES string of the molecule is CN(C(=O)[C@H](Cc1ccccc1)NC(=O)[C@@H]1CCCN1C(=S)NCc1ccccc1Cl)c1ccccc1. The third-order valence-corrected chi connectivity index (χ3v) is 7.32. The van der Waals surface area contributed by atoms with Crippen molar-refractivity contribution in [3.8, 4) is 0 Å². The van der Waals surface area contributed by atoms with Crippen LogP contribution in [-0.2, 0) is 22.6 Å². The molecule has 2 N–H and O–H groups in total. The van der Waals surface area contributed by atoms with Gasteiger partial charge in [0, 0.05) is 37.3 Å². The highest BCUT2D eigenvalue weighted by Gasteiger charge is 2.35. The summed E-state index contributed by atoms with van der Waals surface area (Å²) >= 11 is 11.9. The zero-order valence-electron chi connectivity index (χ0n) is 20.8. The van der Waals surface area contributed by atoms with E-state index in [-0.39, 0.29) is 11.8 Å². The van der Waals surface area contributed by atoms with Crippen molar-refractivity contribution in [1.29, 1.82) is 0 Å². The van der Waals surface area contributed by atoms with Gasteiger partial charge in [0.15, 0.2) is 5.11 Å². The maximum absolute atomic E-state index is 13.6. The van der Waals surface area contributed by atoms with Crippen LogP contribution in [0.3, 0.4) is 0 Å². The molecule has 4 rings (SSSR count). The lowest BCUT2D eigenvalue weighted by Gasteiger charge is -2.30. The Bertz CT molecular complexity index is 1220. The third-order valence-electron chi connectivity index (χ3n) is 6.58. The number of nitrogens with one attached hydrogen (secondary N) is 2. The van der Waals surface area contributed by atoms with E-state index in [9.17, 15) is 9.59 Å². The smallest absolute Gasteiger partial charge is 0.249 e. The number of amides is 2. The Kier molecular flexibility index (Phi) is 9.14. The number of thiocarbonyl (C=S) groups is 1. The number of rotatable bonds is 8. The van der Waals surface area contributed by atoms with Crippen LogP contribution in [-0.4, -0.2) is 47.5 Å². The van der Waals surface area contributed by atoms with E-state index in [4.69, 9.17) is 23.8 Å². The van der Waals surface area contributed by atoms with Crippen LogP contribution in [0.2, 0.25) is 5.02 Å². The van der Waals surface area contributed by atoms with Gasteiger partial charge in [0.1, 0.15) is 12.1 Å². The molecular formula is C29H31ClN4O2S. The average molecular weight is 535 g/mol. The lowest BCUT2D eigenvalue weighted by molar-refractivity contribution is -0.129. The number of likely N-dealkylation sites (N-methyl/N-ethyl adjacent to an activating group) is 1. The Labute approximate surface area is 228 Å². The molecule has 8 heteroatoms. The van der Waals surface area contributed by atoms with Crippen LogP contribution in [0.25, 0.3) is 0 Å². The molecule has 2 amide bonds. The monoisotopic (exact) mass is 534 g/mol. The van der Waals surface area contributed by atoms with Gasteiger partial charge in [0.05, 0.1) is 0 Å². The van der Waals surface area contributed by atoms with E-state index in [0.717, 1.165) is 23.2 Å². The molecule has 6 nitrogen and oxygen atoms in total. The fourth-order valence-electron chi connectivity index (χ4n) is 4.53. The highest BCUT2D eigenvalue weighted by atomic mass is 35.5. The lowest BCUT2D eigenvalue weighted by Crippen LogP contribution is -2.55. The maximum atomic E-state index is 13.6. The minimum Gasteiger partial charge on any atom is -0.358 e. The summed E-state index contributed by atoms with van der Waals surface area (Å²) in [6.07, 6.45) is 1.90. The first-order valence-corrected chi connectivity index (χ1v) is 13.2. The van der Waals surface area contributed by atoms with E-state index in [0.29, 0.717) is 36.1 Å². The van der Waals surface area contributed by atoms with Crippen LogP contribution in [0.4, 0.5) is 5.69 Å². The van der Waals surface area contributed by atoms with Crippen LogP contribution in [0, 0.1) is 0 Å². The van der Waals surface area contributed by atoms with Crippen molar-refractivity contribution in [2.45, 2.75) is 37.9 Å². The number of carbonyl (C=O) groups is 2. The predicted molar refractivity (Wildman–Crippen MR) is 153 cm³/mol. The zero-order chi connectivity index (χ0) is 26.2. The summed E-state index contributed by atoms with van der Waals surface area (Å²) in [5.41, 5.74) is 2.68. The first-order chi connectivity index (χ1) is 17.9. The molecular weight excluding hydrogens is 504 g/mol. The van der Waals surface area contributed by atoms with Crippen LogP contribution >= 0.6 is 23.8 Å². The fourth-order valence-corrected chi connectivity index (χ4v) is 5.02. The van der Waals surface area contributed by atoms with Crippen molar-refractivity contribution in [3.63, 3.8) is 0 Å². The molecule has 0 aliphatic carbocycles. The molecule has 1 aliphatic heterocycles. The summed E-state index contributed by atoms with van der Waals surface area (Å²) in [5, 5.41) is 7.45. The molecule has 0 aromatic heterocycles. The normalized spacial score (nSPS) is 15.6. The molecule has 1 saturated heterocycles. The van der Waals surface area contributed by atoms with Crippen LogP contribution in [0.15, 0.2) is 84.9 Å². The molecule has 1 aliphatic rings. The first kappa shape index (κ1) is 26.6. The lowest BCUT2D eigenvalue weighted by atomic mass is 10.0. The van der Waals surface area contributed by atoms with Gasteiger partial charge in [-0.1, -0.05) is 78.3 Å². The van der Waals surface area contributed by atoms with Crippen LogP contribution in [0.1, 0.15) is 24.0 Å². The number of halogens is 1. The van der Waals surface area contributed by atoms with Crippen molar-refractivity contribution in [3.05, 3.63) is 101 Å². The Balaban J connectivity index is 1.46. The van der Waals surface area contributed by atoms with Gasteiger partial charge in [-0.2, -0.15) is 0 Å². The second kappa shape index (κ2) is 12.7. The Morgan fingerprint density at radius 3 is 2.38 bits per heavy atom. The number of likely N-dealkylation sites (tertiary alicyclic amines) is 1. The van der Waals surface area contributed by atoms with E-state index in [1.54, 1.807) is 11.9 Å². The number of benzene rings is 3. The standard InChI is InChI=1S/C29H31ClN4O2S/c1-33(23-14-6-3-7-15-23)28(36)25(19-21-11-4-2-5-12-21)32-27(35)26-17-10-18-34(26)29(37)31-20-22-13-8-9-16-24(22)30/h2-9,11-16,25-26H,10,17-20H2,1H3,(H,31,37)(H,32,35)/t25-,26-/m0/s1. The van der Waals surface area contributed by atoms with Gasteiger partial charge < -0.3 is 20.4 Å². The van der Waals surface area contributed by atoms with E-state index < -0.39 is 12.1 Å². The molecule has 192 valence electrons. The highest BCUT2D eigenvalue weighted by molar-refractivity contribution is 7.80. The van der Waals surface area contributed by atoms with E-state index in [1.807, 2.05) is 89.8 Å². The average Bonchev–Trinajstić information content (AvgIpc) is 3.43. The molecule has 0 spiro atoms. The van der Waals surface area contributed by atoms with E-state index in [2.05, 4.69) is 10.6 Å². The molecule has 37 heavy (non-hydrogen) atoms. The van der Waals surface area contributed by atoms with Crippen molar-refractivity contribution in [1.82, 2.24) is 15.5 Å². The summed E-state index contributed by atoms with van der Waals surface area (Å²) in [6.45, 7) is 1.15. The quantitative estimate of drug-likeness (QED) is 0.414. The molecule has 2 atom stereocenters. The summed E-state index contributed by atoms with van der Waals surface area (Å²) in [6, 6.07) is 25.6. The van der Waals surface area contributed by atoms with Crippen molar-refractivity contribution < 1.29 is 9.59 Å². The minimum atomic E-state index is -0.716. The van der Waals surface area contributed by atoms with Crippen LogP contribution < -0.4 is 15.5 Å². The molecule has 0 radical (unpaired) electrons. The van der Waals surface area contributed by atoms with Crippen molar-refractivity contribution >= 4 is 46.4 Å². The van der Waals surface area contributed by atoms with E-state index in [1.165, 1.54) is 0 Å². The molecule has 1 fully saturated rings.